The standard InChI is InChI=1S/C21H20N2O3S/c1-25-20-12-17(14-22-23-21(24)13-18-8-5-11-27-18)9-10-19(20)26-15-16-6-3-2-4-7-16/h2-12,14H,13,15H2,1H3,(H,23,24)/b22-14-. The van der Waals surface area contributed by atoms with E-state index < -0.39 is 0 Å². The Bertz CT molecular complexity index is 893. The zero-order valence-electron chi connectivity index (χ0n) is 14.9. The van der Waals surface area contributed by atoms with Gasteiger partial charge in [-0.05, 0) is 40.8 Å². The van der Waals surface area contributed by atoms with Gasteiger partial charge >= 0.3 is 0 Å². The van der Waals surface area contributed by atoms with Gasteiger partial charge in [-0.2, -0.15) is 5.10 Å². The highest BCUT2D eigenvalue weighted by atomic mass is 32.1. The average molecular weight is 380 g/mol. The molecule has 3 aromatic rings. The fraction of sp³-hybridized carbons (Fsp3) is 0.143. The number of benzene rings is 2. The highest BCUT2D eigenvalue weighted by molar-refractivity contribution is 7.10. The number of methoxy groups -OCH3 is 1. The van der Waals surface area contributed by atoms with Crippen LogP contribution in [0.3, 0.4) is 0 Å². The summed E-state index contributed by atoms with van der Waals surface area (Å²) in [6.45, 7) is 0.462. The first-order valence-electron chi connectivity index (χ1n) is 8.43. The van der Waals surface area contributed by atoms with Crippen molar-refractivity contribution in [2.24, 2.45) is 5.10 Å². The van der Waals surface area contributed by atoms with Gasteiger partial charge in [0.2, 0.25) is 5.91 Å². The Morgan fingerprint density at radius 3 is 2.70 bits per heavy atom. The van der Waals surface area contributed by atoms with Crippen LogP contribution < -0.4 is 14.9 Å². The lowest BCUT2D eigenvalue weighted by atomic mass is 10.2. The van der Waals surface area contributed by atoms with Gasteiger partial charge in [-0.15, -0.1) is 11.3 Å². The summed E-state index contributed by atoms with van der Waals surface area (Å²) in [5.74, 6) is 1.11. The maximum atomic E-state index is 11.8. The molecule has 0 aliphatic heterocycles. The molecular formula is C21H20N2O3S. The number of amides is 1. The second-order valence-corrected chi connectivity index (χ2v) is 6.77. The number of hydrazone groups is 1. The summed E-state index contributed by atoms with van der Waals surface area (Å²) < 4.78 is 11.2. The second kappa shape index (κ2) is 9.54. The molecule has 27 heavy (non-hydrogen) atoms. The number of hydrogen-bond donors (Lipinski definition) is 1. The first-order chi connectivity index (χ1) is 13.2. The molecule has 1 heterocycles. The second-order valence-electron chi connectivity index (χ2n) is 5.73. The van der Waals surface area contributed by atoms with Crippen molar-refractivity contribution in [3.63, 3.8) is 0 Å². The topological polar surface area (TPSA) is 59.9 Å². The van der Waals surface area contributed by atoms with Gasteiger partial charge in [0.05, 0.1) is 19.7 Å². The minimum atomic E-state index is -0.150. The van der Waals surface area contributed by atoms with E-state index in [1.54, 1.807) is 24.7 Å². The molecule has 1 amide bonds. The van der Waals surface area contributed by atoms with Crippen LogP contribution >= 0.6 is 11.3 Å². The van der Waals surface area contributed by atoms with E-state index in [0.29, 0.717) is 24.5 Å². The van der Waals surface area contributed by atoms with Gasteiger partial charge < -0.3 is 9.47 Å². The highest BCUT2D eigenvalue weighted by Gasteiger charge is 2.06. The summed E-state index contributed by atoms with van der Waals surface area (Å²) in [5, 5.41) is 5.95. The Kier molecular flexibility index (Phi) is 6.60. The molecule has 5 nitrogen and oxygen atoms in total. The molecule has 0 atom stereocenters. The fourth-order valence-corrected chi connectivity index (χ4v) is 3.11. The predicted octanol–water partition coefficient (Wildman–Crippen LogP) is 4.03. The van der Waals surface area contributed by atoms with Gasteiger partial charge in [-0.1, -0.05) is 36.4 Å². The molecule has 0 aliphatic carbocycles. The molecule has 1 N–H and O–H groups in total. The van der Waals surface area contributed by atoms with Crippen LogP contribution in [0.4, 0.5) is 0 Å². The van der Waals surface area contributed by atoms with Crippen molar-refractivity contribution in [1.82, 2.24) is 5.43 Å². The summed E-state index contributed by atoms with van der Waals surface area (Å²) in [6.07, 6.45) is 1.90. The molecule has 0 radical (unpaired) electrons. The van der Waals surface area contributed by atoms with E-state index in [9.17, 15) is 4.79 Å². The zero-order chi connectivity index (χ0) is 18.9. The minimum absolute atomic E-state index is 0.150. The zero-order valence-corrected chi connectivity index (χ0v) is 15.7. The summed E-state index contributed by atoms with van der Waals surface area (Å²) in [6, 6.07) is 19.3. The van der Waals surface area contributed by atoms with E-state index in [1.807, 2.05) is 66.0 Å². The summed E-state index contributed by atoms with van der Waals surface area (Å²) in [4.78, 5) is 12.8. The predicted molar refractivity (Wildman–Crippen MR) is 108 cm³/mol. The SMILES string of the molecule is COc1cc(/C=N\NC(=O)Cc2cccs2)ccc1OCc1ccccc1. The molecule has 3 rings (SSSR count). The smallest absolute Gasteiger partial charge is 0.245 e. The Morgan fingerprint density at radius 1 is 1.11 bits per heavy atom. The number of rotatable bonds is 8. The molecule has 0 saturated heterocycles. The van der Waals surface area contributed by atoms with E-state index in [2.05, 4.69) is 10.5 Å². The molecule has 0 fully saturated rings. The van der Waals surface area contributed by atoms with Gasteiger partial charge in [-0.25, -0.2) is 5.43 Å². The van der Waals surface area contributed by atoms with Crippen LogP contribution in [-0.4, -0.2) is 19.2 Å². The van der Waals surface area contributed by atoms with Crippen LogP contribution in [-0.2, 0) is 17.8 Å². The quantitative estimate of drug-likeness (QED) is 0.474. The Hall–Kier alpha value is -3.12. The van der Waals surface area contributed by atoms with Crippen LogP contribution in [0.5, 0.6) is 11.5 Å². The fourth-order valence-electron chi connectivity index (χ4n) is 2.41. The molecule has 0 aliphatic rings. The van der Waals surface area contributed by atoms with Crippen molar-refractivity contribution in [3.8, 4) is 11.5 Å². The minimum Gasteiger partial charge on any atom is -0.493 e. The Balaban J connectivity index is 1.57. The first kappa shape index (κ1) is 18.7. The largest absolute Gasteiger partial charge is 0.493 e. The van der Waals surface area contributed by atoms with Crippen LogP contribution in [0, 0.1) is 0 Å². The normalized spacial score (nSPS) is 10.7. The van der Waals surface area contributed by atoms with E-state index >= 15 is 0 Å². The molecular weight excluding hydrogens is 360 g/mol. The van der Waals surface area contributed by atoms with Crippen LogP contribution in [0.15, 0.2) is 71.1 Å². The number of nitrogens with one attached hydrogen (secondary N) is 1. The van der Waals surface area contributed by atoms with Crippen molar-refractivity contribution in [2.75, 3.05) is 7.11 Å². The van der Waals surface area contributed by atoms with Crippen LogP contribution in [0.25, 0.3) is 0 Å². The number of carbonyl (C=O) groups excluding carboxylic acids is 1. The lowest BCUT2D eigenvalue weighted by molar-refractivity contribution is -0.120. The van der Waals surface area contributed by atoms with Crippen LogP contribution in [0.2, 0.25) is 0 Å². The molecule has 0 unspecified atom stereocenters. The Labute approximate surface area is 162 Å². The lowest BCUT2D eigenvalue weighted by Crippen LogP contribution is -2.19. The number of thiophene rings is 1. The molecule has 2 aromatic carbocycles. The molecule has 138 valence electrons. The number of carbonyl (C=O) groups is 1. The van der Waals surface area contributed by atoms with Gasteiger partial charge in [0, 0.05) is 4.88 Å². The number of ether oxygens (including phenoxy) is 2. The third kappa shape index (κ3) is 5.69. The first-order valence-corrected chi connectivity index (χ1v) is 9.31. The molecule has 0 bridgehead atoms. The van der Waals surface area contributed by atoms with Gasteiger partial charge in [0.25, 0.3) is 0 Å². The van der Waals surface area contributed by atoms with E-state index in [0.717, 1.165) is 16.0 Å². The summed E-state index contributed by atoms with van der Waals surface area (Å²) in [7, 11) is 1.59. The average Bonchev–Trinajstić information content (AvgIpc) is 3.20. The maximum absolute atomic E-state index is 11.8. The van der Waals surface area contributed by atoms with Crippen LogP contribution in [0.1, 0.15) is 16.0 Å². The van der Waals surface area contributed by atoms with Crippen molar-refractivity contribution in [2.45, 2.75) is 13.0 Å². The third-order valence-electron chi connectivity index (χ3n) is 3.74. The van der Waals surface area contributed by atoms with Crippen molar-refractivity contribution in [3.05, 3.63) is 82.0 Å². The summed E-state index contributed by atoms with van der Waals surface area (Å²) in [5.41, 5.74) is 4.42. The highest BCUT2D eigenvalue weighted by Crippen LogP contribution is 2.28. The van der Waals surface area contributed by atoms with Gasteiger partial charge in [-0.3, -0.25) is 4.79 Å². The van der Waals surface area contributed by atoms with Gasteiger partial charge in [0.15, 0.2) is 11.5 Å². The number of nitrogens with zero attached hydrogens (tertiary/aromatic N) is 1. The molecule has 6 heteroatoms. The monoisotopic (exact) mass is 380 g/mol. The third-order valence-corrected chi connectivity index (χ3v) is 4.62. The maximum Gasteiger partial charge on any atom is 0.245 e. The molecule has 0 spiro atoms. The number of hydrogen-bond acceptors (Lipinski definition) is 5. The molecule has 0 saturated carbocycles. The van der Waals surface area contributed by atoms with Crippen molar-refractivity contribution in [1.29, 1.82) is 0 Å². The van der Waals surface area contributed by atoms with E-state index in [-0.39, 0.29) is 5.91 Å². The Morgan fingerprint density at radius 2 is 1.96 bits per heavy atom. The van der Waals surface area contributed by atoms with Gasteiger partial charge in [0.1, 0.15) is 6.61 Å². The molecule has 1 aromatic heterocycles. The lowest BCUT2D eigenvalue weighted by Gasteiger charge is -2.11. The van der Waals surface area contributed by atoms with Crippen molar-refractivity contribution < 1.29 is 14.3 Å². The van der Waals surface area contributed by atoms with E-state index in [4.69, 9.17) is 9.47 Å². The van der Waals surface area contributed by atoms with E-state index in [1.165, 1.54) is 0 Å². The summed E-state index contributed by atoms with van der Waals surface area (Å²) >= 11 is 1.55. The van der Waals surface area contributed by atoms with Crippen molar-refractivity contribution >= 4 is 23.5 Å².